The van der Waals surface area contributed by atoms with Crippen molar-refractivity contribution in [3.63, 3.8) is 0 Å². The van der Waals surface area contributed by atoms with E-state index < -0.39 is 0 Å². The average molecular weight is 275 g/mol. The maximum atomic E-state index is 12.3. The number of benzene rings is 1. The van der Waals surface area contributed by atoms with Gasteiger partial charge in [0.2, 0.25) is 5.91 Å². The SMILES string of the molecule is Cc1ccc(CN(C)C)cc1NC(=O)C1CCC(N)C1. The van der Waals surface area contributed by atoms with Crippen LogP contribution >= 0.6 is 0 Å². The summed E-state index contributed by atoms with van der Waals surface area (Å²) in [5.41, 5.74) is 9.11. The quantitative estimate of drug-likeness (QED) is 0.885. The Hall–Kier alpha value is -1.39. The first-order valence-electron chi connectivity index (χ1n) is 7.26. The van der Waals surface area contributed by atoms with E-state index in [9.17, 15) is 4.79 Å². The Morgan fingerprint density at radius 3 is 2.75 bits per heavy atom. The molecule has 1 amide bonds. The fourth-order valence-electron chi connectivity index (χ4n) is 2.76. The predicted octanol–water partition coefficient (Wildman–Crippen LogP) is 2.12. The van der Waals surface area contributed by atoms with Crippen molar-refractivity contribution in [1.82, 2.24) is 4.90 Å². The maximum absolute atomic E-state index is 12.3. The van der Waals surface area contributed by atoms with Gasteiger partial charge in [0.15, 0.2) is 0 Å². The summed E-state index contributed by atoms with van der Waals surface area (Å²) in [4.78, 5) is 14.4. The molecule has 1 saturated carbocycles. The van der Waals surface area contributed by atoms with Gasteiger partial charge in [-0.1, -0.05) is 12.1 Å². The van der Waals surface area contributed by atoms with Gasteiger partial charge in [-0.05, 0) is 57.5 Å². The van der Waals surface area contributed by atoms with Crippen LogP contribution in [0.1, 0.15) is 30.4 Å². The summed E-state index contributed by atoms with van der Waals surface area (Å²) in [7, 11) is 4.08. The molecule has 0 spiro atoms. The summed E-state index contributed by atoms with van der Waals surface area (Å²) in [6.07, 6.45) is 2.67. The molecule has 110 valence electrons. The standard InChI is InChI=1S/C16H25N3O/c1-11-4-5-12(10-19(2)3)8-15(11)18-16(20)13-6-7-14(17)9-13/h4-5,8,13-14H,6-7,9-10,17H2,1-3H3,(H,18,20). The largest absolute Gasteiger partial charge is 0.328 e. The molecule has 0 radical (unpaired) electrons. The van der Waals surface area contributed by atoms with Gasteiger partial charge in [0.25, 0.3) is 0 Å². The molecule has 4 heteroatoms. The molecule has 3 N–H and O–H groups in total. The molecule has 0 heterocycles. The van der Waals surface area contributed by atoms with E-state index in [1.165, 1.54) is 5.56 Å². The summed E-state index contributed by atoms with van der Waals surface area (Å²) < 4.78 is 0. The first-order chi connectivity index (χ1) is 9.45. The van der Waals surface area contributed by atoms with Crippen molar-refractivity contribution in [2.24, 2.45) is 11.7 Å². The third kappa shape index (κ3) is 3.81. The number of anilines is 1. The Bertz CT molecular complexity index is 485. The third-order valence-corrected chi connectivity index (χ3v) is 3.90. The third-order valence-electron chi connectivity index (χ3n) is 3.90. The summed E-state index contributed by atoms with van der Waals surface area (Å²) in [5, 5.41) is 3.07. The number of nitrogens with one attached hydrogen (secondary N) is 1. The summed E-state index contributed by atoms with van der Waals surface area (Å²) in [5.74, 6) is 0.185. The molecule has 4 nitrogen and oxygen atoms in total. The fourth-order valence-corrected chi connectivity index (χ4v) is 2.76. The number of nitrogens with zero attached hydrogens (tertiary/aromatic N) is 1. The zero-order valence-electron chi connectivity index (χ0n) is 12.6. The summed E-state index contributed by atoms with van der Waals surface area (Å²) in [6.45, 7) is 2.90. The van der Waals surface area contributed by atoms with Gasteiger partial charge in [-0.3, -0.25) is 4.79 Å². The van der Waals surface area contributed by atoms with Crippen LogP contribution < -0.4 is 11.1 Å². The first-order valence-corrected chi connectivity index (χ1v) is 7.26. The highest BCUT2D eigenvalue weighted by atomic mass is 16.1. The molecule has 0 saturated heterocycles. The van der Waals surface area contributed by atoms with E-state index in [0.717, 1.165) is 37.1 Å². The van der Waals surface area contributed by atoms with Gasteiger partial charge in [0.1, 0.15) is 0 Å². The number of aryl methyl sites for hydroxylation is 1. The Kier molecular flexibility index (Phi) is 4.78. The lowest BCUT2D eigenvalue weighted by atomic mass is 10.1. The topological polar surface area (TPSA) is 58.4 Å². The number of carbonyl (C=O) groups excluding carboxylic acids is 1. The molecule has 0 aliphatic heterocycles. The van der Waals surface area contributed by atoms with E-state index in [4.69, 9.17) is 5.73 Å². The predicted molar refractivity (Wildman–Crippen MR) is 82.5 cm³/mol. The molecule has 2 atom stereocenters. The van der Waals surface area contributed by atoms with E-state index >= 15 is 0 Å². The van der Waals surface area contributed by atoms with E-state index in [1.807, 2.05) is 21.0 Å². The molecule has 1 aromatic rings. The molecule has 1 aliphatic carbocycles. The number of amides is 1. The number of rotatable bonds is 4. The van der Waals surface area contributed by atoms with Crippen molar-refractivity contribution in [2.75, 3.05) is 19.4 Å². The lowest BCUT2D eigenvalue weighted by Crippen LogP contribution is -2.23. The smallest absolute Gasteiger partial charge is 0.227 e. The molecule has 20 heavy (non-hydrogen) atoms. The number of hydrogen-bond acceptors (Lipinski definition) is 3. The molecule has 0 aromatic heterocycles. The van der Waals surface area contributed by atoms with Crippen LogP contribution in [0, 0.1) is 12.8 Å². The van der Waals surface area contributed by atoms with Gasteiger partial charge in [-0.2, -0.15) is 0 Å². The fraction of sp³-hybridized carbons (Fsp3) is 0.562. The van der Waals surface area contributed by atoms with Crippen LogP contribution in [0.5, 0.6) is 0 Å². The highest BCUT2D eigenvalue weighted by Crippen LogP contribution is 2.26. The lowest BCUT2D eigenvalue weighted by Gasteiger charge is -2.15. The minimum Gasteiger partial charge on any atom is -0.328 e. The molecule has 1 aromatic carbocycles. The number of nitrogens with two attached hydrogens (primary N) is 1. The van der Waals surface area contributed by atoms with Crippen molar-refractivity contribution >= 4 is 11.6 Å². The van der Waals surface area contributed by atoms with Crippen molar-refractivity contribution < 1.29 is 4.79 Å². The second kappa shape index (κ2) is 6.37. The van der Waals surface area contributed by atoms with Crippen LogP contribution in [0.4, 0.5) is 5.69 Å². The van der Waals surface area contributed by atoms with Crippen LogP contribution in [-0.4, -0.2) is 30.9 Å². The van der Waals surface area contributed by atoms with Crippen LogP contribution in [0.2, 0.25) is 0 Å². The number of hydrogen-bond donors (Lipinski definition) is 2. The molecule has 1 fully saturated rings. The van der Waals surface area contributed by atoms with Gasteiger partial charge >= 0.3 is 0 Å². The van der Waals surface area contributed by atoms with Crippen LogP contribution in [-0.2, 0) is 11.3 Å². The van der Waals surface area contributed by atoms with Crippen LogP contribution in [0.15, 0.2) is 18.2 Å². The van der Waals surface area contributed by atoms with Gasteiger partial charge in [0, 0.05) is 24.2 Å². The van der Waals surface area contributed by atoms with Gasteiger partial charge in [0.05, 0.1) is 0 Å². The van der Waals surface area contributed by atoms with E-state index in [-0.39, 0.29) is 17.9 Å². The molecule has 1 aliphatic rings. The monoisotopic (exact) mass is 275 g/mol. The van der Waals surface area contributed by atoms with Gasteiger partial charge in [-0.25, -0.2) is 0 Å². The van der Waals surface area contributed by atoms with E-state index in [0.29, 0.717) is 0 Å². The second-order valence-corrected chi connectivity index (χ2v) is 6.15. The van der Waals surface area contributed by atoms with E-state index in [2.05, 4.69) is 28.4 Å². The Morgan fingerprint density at radius 1 is 1.40 bits per heavy atom. The summed E-state index contributed by atoms with van der Waals surface area (Å²) >= 11 is 0. The lowest BCUT2D eigenvalue weighted by molar-refractivity contribution is -0.119. The Morgan fingerprint density at radius 2 is 2.15 bits per heavy atom. The molecular weight excluding hydrogens is 250 g/mol. The van der Waals surface area contributed by atoms with Crippen molar-refractivity contribution in [1.29, 1.82) is 0 Å². The van der Waals surface area contributed by atoms with Crippen LogP contribution in [0.3, 0.4) is 0 Å². The van der Waals surface area contributed by atoms with Crippen molar-refractivity contribution in [2.45, 2.75) is 38.8 Å². The first kappa shape index (κ1) is 15.0. The highest BCUT2D eigenvalue weighted by Gasteiger charge is 2.27. The van der Waals surface area contributed by atoms with Crippen molar-refractivity contribution in [3.05, 3.63) is 29.3 Å². The Labute approximate surface area is 121 Å². The van der Waals surface area contributed by atoms with E-state index in [1.54, 1.807) is 0 Å². The number of carbonyl (C=O) groups is 1. The molecular formula is C16H25N3O. The highest BCUT2D eigenvalue weighted by molar-refractivity contribution is 5.93. The maximum Gasteiger partial charge on any atom is 0.227 e. The molecule has 2 unspecified atom stereocenters. The molecule has 0 bridgehead atoms. The van der Waals surface area contributed by atoms with Crippen LogP contribution in [0.25, 0.3) is 0 Å². The van der Waals surface area contributed by atoms with Crippen molar-refractivity contribution in [3.8, 4) is 0 Å². The Balaban J connectivity index is 2.06. The minimum absolute atomic E-state index is 0.0712. The van der Waals surface area contributed by atoms with Gasteiger partial charge in [-0.15, -0.1) is 0 Å². The zero-order valence-corrected chi connectivity index (χ0v) is 12.6. The summed E-state index contributed by atoms with van der Waals surface area (Å²) in [6, 6.07) is 6.43. The normalized spacial score (nSPS) is 22.2. The molecule has 2 rings (SSSR count). The average Bonchev–Trinajstić information content (AvgIpc) is 2.79. The minimum atomic E-state index is 0.0712. The zero-order chi connectivity index (χ0) is 14.7. The second-order valence-electron chi connectivity index (χ2n) is 6.15. The van der Waals surface area contributed by atoms with Gasteiger partial charge < -0.3 is 16.0 Å².